The molecule has 2 aromatic heterocycles. The molecule has 1 N–H and O–H groups in total. The second-order valence-electron chi connectivity index (χ2n) is 5.44. The number of esters is 1. The molecule has 1 amide bonds. The van der Waals surface area contributed by atoms with Gasteiger partial charge in [0, 0.05) is 18.4 Å². The quantitative estimate of drug-likeness (QED) is 0.655. The van der Waals surface area contributed by atoms with Crippen molar-refractivity contribution >= 4 is 17.7 Å². The molecule has 0 aliphatic heterocycles. The zero-order chi connectivity index (χ0) is 18.5. The van der Waals surface area contributed by atoms with Crippen LogP contribution in [0.15, 0.2) is 36.5 Å². The summed E-state index contributed by atoms with van der Waals surface area (Å²) < 4.78 is 11.5. The van der Waals surface area contributed by atoms with Gasteiger partial charge in [-0.05, 0) is 30.7 Å². The molecule has 0 spiro atoms. The van der Waals surface area contributed by atoms with E-state index in [1.54, 1.807) is 19.4 Å². The molecule has 0 aliphatic carbocycles. The van der Waals surface area contributed by atoms with Gasteiger partial charge in [0.25, 0.3) is 17.5 Å². The van der Waals surface area contributed by atoms with Crippen molar-refractivity contribution in [1.29, 1.82) is 0 Å². The highest BCUT2D eigenvalue weighted by Gasteiger charge is 2.17. The molecule has 0 bridgehead atoms. The number of fused-ring (bicyclic) bond motifs is 1. The number of nitrogens with one attached hydrogen (secondary N) is 1. The number of aromatic nitrogens is 4. The number of rotatable bonds is 6. The smallest absolute Gasteiger partial charge is 0.378 e. The molecule has 0 saturated carbocycles. The van der Waals surface area contributed by atoms with E-state index in [1.807, 2.05) is 31.2 Å². The second kappa shape index (κ2) is 7.60. The number of hydrogen-bond acceptors (Lipinski definition) is 7. The summed E-state index contributed by atoms with van der Waals surface area (Å²) in [5.41, 5.74) is 1.64. The van der Waals surface area contributed by atoms with Crippen molar-refractivity contribution in [2.45, 2.75) is 13.5 Å². The first-order valence-electron chi connectivity index (χ1n) is 7.82. The summed E-state index contributed by atoms with van der Waals surface area (Å²) in [6.45, 7) is 1.68. The minimum absolute atomic E-state index is 0.146. The molecule has 3 aromatic rings. The number of amides is 1. The van der Waals surface area contributed by atoms with E-state index in [2.05, 4.69) is 20.4 Å². The van der Waals surface area contributed by atoms with E-state index < -0.39 is 18.5 Å². The molecule has 2 heterocycles. The Morgan fingerprint density at radius 3 is 2.88 bits per heavy atom. The van der Waals surface area contributed by atoms with Crippen LogP contribution in [0.4, 0.5) is 0 Å². The van der Waals surface area contributed by atoms with Crippen molar-refractivity contribution in [3.8, 4) is 5.75 Å². The average molecular weight is 355 g/mol. The van der Waals surface area contributed by atoms with Crippen LogP contribution in [0.1, 0.15) is 21.9 Å². The monoisotopic (exact) mass is 355 g/mol. The fourth-order valence-corrected chi connectivity index (χ4v) is 2.22. The highest BCUT2D eigenvalue weighted by molar-refractivity contribution is 5.88. The molecule has 9 heteroatoms. The first kappa shape index (κ1) is 17.3. The van der Waals surface area contributed by atoms with E-state index in [1.165, 1.54) is 4.52 Å². The molecule has 9 nitrogen and oxygen atoms in total. The minimum Gasteiger partial charge on any atom is -0.497 e. The standard InChI is InChI=1S/C17H17N5O4/c1-11-6-7-18-17-20-15(21-22(11)17)16(24)26-10-14(23)19-9-12-4-3-5-13(8-12)25-2/h3-8H,9-10H2,1-2H3,(H,19,23). The van der Waals surface area contributed by atoms with Gasteiger partial charge in [0.15, 0.2) is 6.61 Å². The van der Waals surface area contributed by atoms with Gasteiger partial charge in [0.05, 0.1) is 7.11 Å². The number of nitrogens with zero attached hydrogens (tertiary/aromatic N) is 4. The van der Waals surface area contributed by atoms with E-state index in [9.17, 15) is 9.59 Å². The molecule has 3 rings (SSSR count). The molecule has 0 aliphatic rings. The first-order chi connectivity index (χ1) is 12.6. The number of carbonyl (C=O) groups is 2. The maximum Gasteiger partial charge on any atom is 0.378 e. The zero-order valence-electron chi connectivity index (χ0n) is 14.3. The van der Waals surface area contributed by atoms with Crippen molar-refractivity contribution in [1.82, 2.24) is 24.9 Å². The van der Waals surface area contributed by atoms with Gasteiger partial charge in [-0.15, -0.1) is 5.10 Å². The summed E-state index contributed by atoms with van der Waals surface area (Å²) in [6.07, 6.45) is 1.57. The first-order valence-corrected chi connectivity index (χ1v) is 7.82. The van der Waals surface area contributed by atoms with Gasteiger partial charge in [-0.3, -0.25) is 4.79 Å². The van der Waals surface area contributed by atoms with Crippen LogP contribution in [0.25, 0.3) is 5.78 Å². The molecular weight excluding hydrogens is 338 g/mol. The molecule has 0 saturated heterocycles. The topological polar surface area (TPSA) is 108 Å². The normalized spacial score (nSPS) is 10.5. The molecule has 0 unspecified atom stereocenters. The maximum atomic E-state index is 12.0. The van der Waals surface area contributed by atoms with Gasteiger partial charge in [-0.1, -0.05) is 12.1 Å². The van der Waals surface area contributed by atoms with Crippen LogP contribution in [0, 0.1) is 6.92 Å². The summed E-state index contributed by atoms with van der Waals surface area (Å²) in [6, 6.07) is 9.03. The van der Waals surface area contributed by atoms with E-state index >= 15 is 0 Å². The van der Waals surface area contributed by atoms with Gasteiger partial charge in [-0.25, -0.2) is 14.3 Å². The average Bonchev–Trinajstić information content (AvgIpc) is 3.10. The highest BCUT2D eigenvalue weighted by atomic mass is 16.5. The van der Waals surface area contributed by atoms with E-state index in [0.29, 0.717) is 18.1 Å². The number of carbonyl (C=O) groups excluding carboxylic acids is 2. The Balaban J connectivity index is 1.53. The third-order valence-electron chi connectivity index (χ3n) is 3.57. The van der Waals surface area contributed by atoms with Crippen molar-refractivity contribution in [3.63, 3.8) is 0 Å². The minimum atomic E-state index is -0.786. The van der Waals surface area contributed by atoms with Crippen LogP contribution in [-0.2, 0) is 16.1 Å². The fraction of sp³-hybridized carbons (Fsp3) is 0.235. The molecule has 0 fully saturated rings. The van der Waals surface area contributed by atoms with Crippen LogP contribution in [0.3, 0.4) is 0 Å². The van der Waals surface area contributed by atoms with Crippen LogP contribution in [0.2, 0.25) is 0 Å². The Morgan fingerprint density at radius 2 is 2.12 bits per heavy atom. The van der Waals surface area contributed by atoms with E-state index in [4.69, 9.17) is 9.47 Å². The molecule has 26 heavy (non-hydrogen) atoms. The Kier molecular flexibility index (Phi) is 5.07. The third kappa shape index (κ3) is 3.94. The lowest BCUT2D eigenvalue weighted by atomic mass is 10.2. The summed E-state index contributed by atoms with van der Waals surface area (Å²) in [5.74, 6) is -0.373. The SMILES string of the molecule is COc1cccc(CNC(=O)COC(=O)c2nc3nccc(C)n3n2)c1. The van der Waals surface area contributed by atoms with Gasteiger partial charge in [0.1, 0.15) is 5.75 Å². The lowest BCUT2D eigenvalue weighted by Crippen LogP contribution is -2.28. The van der Waals surface area contributed by atoms with E-state index in [0.717, 1.165) is 11.3 Å². The Labute approximate surface area is 149 Å². The lowest BCUT2D eigenvalue weighted by Gasteiger charge is -2.07. The highest BCUT2D eigenvalue weighted by Crippen LogP contribution is 2.12. The summed E-state index contributed by atoms with van der Waals surface area (Å²) in [5, 5.41) is 6.69. The molecule has 0 atom stereocenters. The molecule has 1 aromatic carbocycles. The predicted molar refractivity (Wildman–Crippen MR) is 90.6 cm³/mol. The Hall–Kier alpha value is -3.49. The van der Waals surface area contributed by atoms with Gasteiger partial charge >= 0.3 is 5.97 Å². The van der Waals surface area contributed by atoms with Crippen molar-refractivity contribution in [2.24, 2.45) is 0 Å². The van der Waals surface area contributed by atoms with Gasteiger partial charge in [0.2, 0.25) is 0 Å². The number of hydrogen-bond donors (Lipinski definition) is 1. The Morgan fingerprint density at radius 1 is 1.27 bits per heavy atom. The van der Waals surface area contributed by atoms with Crippen molar-refractivity contribution in [2.75, 3.05) is 13.7 Å². The van der Waals surface area contributed by atoms with Crippen LogP contribution >= 0.6 is 0 Å². The third-order valence-corrected chi connectivity index (χ3v) is 3.57. The van der Waals surface area contributed by atoms with Crippen LogP contribution in [0.5, 0.6) is 5.75 Å². The van der Waals surface area contributed by atoms with Gasteiger partial charge in [-0.2, -0.15) is 4.98 Å². The van der Waals surface area contributed by atoms with Crippen LogP contribution < -0.4 is 10.1 Å². The summed E-state index contributed by atoms with van der Waals surface area (Å²) in [4.78, 5) is 31.9. The Bertz CT molecular complexity index is 953. The maximum absolute atomic E-state index is 12.0. The van der Waals surface area contributed by atoms with Crippen molar-refractivity contribution in [3.05, 3.63) is 53.6 Å². The van der Waals surface area contributed by atoms with Gasteiger partial charge < -0.3 is 14.8 Å². The lowest BCUT2D eigenvalue weighted by molar-refractivity contribution is -0.124. The van der Waals surface area contributed by atoms with Crippen LogP contribution in [-0.4, -0.2) is 45.2 Å². The molecular formula is C17H17N5O4. The molecule has 134 valence electrons. The number of methoxy groups -OCH3 is 1. The molecule has 0 radical (unpaired) electrons. The predicted octanol–water partition coefficient (Wildman–Crippen LogP) is 0.915. The fourth-order valence-electron chi connectivity index (χ4n) is 2.22. The van der Waals surface area contributed by atoms with E-state index in [-0.39, 0.29) is 5.82 Å². The number of ether oxygens (including phenoxy) is 2. The summed E-state index contributed by atoms with van der Waals surface area (Å²) in [7, 11) is 1.57. The van der Waals surface area contributed by atoms with Crippen molar-refractivity contribution < 1.29 is 19.1 Å². The number of benzene rings is 1. The zero-order valence-corrected chi connectivity index (χ0v) is 14.3. The number of aryl methyl sites for hydroxylation is 1. The summed E-state index contributed by atoms with van der Waals surface area (Å²) >= 11 is 0. The second-order valence-corrected chi connectivity index (χ2v) is 5.44. The largest absolute Gasteiger partial charge is 0.497 e.